The summed E-state index contributed by atoms with van der Waals surface area (Å²) >= 11 is 0. The minimum Gasteiger partial charge on any atom is -0.309 e. The van der Waals surface area contributed by atoms with E-state index in [4.69, 9.17) is 5.26 Å². The van der Waals surface area contributed by atoms with E-state index in [1.54, 1.807) is 6.20 Å². The van der Waals surface area contributed by atoms with Gasteiger partial charge < -0.3 is 5.32 Å². The zero-order valence-electron chi connectivity index (χ0n) is 9.12. The fourth-order valence-electron chi connectivity index (χ4n) is 1.17. The largest absolute Gasteiger partial charge is 0.309 e. The topological polar surface area (TPSA) is 48.7 Å². The minimum absolute atomic E-state index is 0.502. The van der Waals surface area contributed by atoms with Crippen LogP contribution in [0.4, 0.5) is 0 Å². The third-order valence-corrected chi connectivity index (χ3v) is 1.97. The Morgan fingerprint density at radius 2 is 2.40 bits per heavy atom. The van der Waals surface area contributed by atoms with E-state index in [0.29, 0.717) is 12.2 Å². The minimum atomic E-state index is 0.502. The molecule has 1 heterocycles. The maximum atomic E-state index is 8.81. The molecule has 1 N–H and O–H groups in total. The quantitative estimate of drug-likeness (QED) is 0.598. The molecular weight excluding hydrogens is 186 g/mol. The summed E-state index contributed by atoms with van der Waals surface area (Å²) in [6, 6.07) is 5.84. The van der Waals surface area contributed by atoms with Gasteiger partial charge in [-0.05, 0) is 19.9 Å². The summed E-state index contributed by atoms with van der Waals surface area (Å²) in [6.45, 7) is 5.63. The lowest BCUT2D eigenvalue weighted by Gasteiger charge is -2.03. The molecule has 15 heavy (non-hydrogen) atoms. The summed E-state index contributed by atoms with van der Waals surface area (Å²) in [5.41, 5.74) is 2.73. The number of allylic oxidation sites excluding steroid dienone is 1. The lowest BCUT2D eigenvalue weighted by Crippen LogP contribution is -2.14. The molecule has 1 aromatic heterocycles. The molecule has 0 unspecified atom stereocenters. The number of nitrogens with one attached hydrogen (secondary N) is 1. The Hall–Kier alpha value is -1.66. The lowest BCUT2D eigenvalue weighted by molar-refractivity contribution is 0.752. The number of nitrogens with zero attached hydrogens (tertiary/aromatic N) is 2. The fourth-order valence-corrected chi connectivity index (χ4v) is 1.17. The highest BCUT2D eigenvalue weighted by molar-refractivity contribution is 5.30. The Bertz CT molecular complexity index is 384. The maximum absolute atomic E-state index is 8.81. The molecule has 0 atom stereocenters. The van der Waals surface area contributed by atoms with Gasteiger partial charge >= 0.3 is 0 Å². The summed E-state index contributed by atoms with van der Waals surface area (Å²) in [7, 11) is 0. The van der Waals surface area contributed by atoms with E-state index in [9.17, 15) is 0 Å². The van der Waals surface area contributed by atoms with Crippen LogP contribution >= 0.6 is 0 Å². The predicted molar refractivity (Wildman–Crippen MR) is 60.1 cm³/mol. The Balaban J connectivity index is 2.51. The van der Waals surface area contributed by atoms with Gasteiger partial charge in [-0.1, -0.05) is 17.7 Å². The second-order valence-corrected chi connectivity index (χ2v) is 3.54. The second kappa shape index (κ2) is 5.94. The number of pyridine rings is 1. The molecule has 1 rings (SSSR count). The third-order valence-electron chi connectivity index (χ3n) is 1.97. The van der Waals surface area contributed by atoms with Crippen LogP contribution in [0.3, 0.4) is 0 Å². The molecule has 0 saturated carbocycles. The number of nitriles is 1. The molecule has 3 heteroatoms. The van der Waals surface area contributed by atoms with Crippen LogP contribution in [0.25, 0.3) is 0 Å². The van der Waals surface area contributed by atoms with E-state index in [1.165, 1.54) is 5.57 Å². The number of hydrogen-bond donors (Lipinski definition) is 1. The molecular formula is C12H15N3. The van der Waals surface area contributed by atoms with Crippen LogP contribution in [0.1, 0.15) is 25.1 Å². The zero-order valence-corrected chi connectivity index (χ0v) is 9.12. The highest BCUT2D eigenvalue weighted by Gasteiger charge is 1.99. The first-order valence-electron chi connectivity index (χ1n) is 4.92. The molecule has 0 aromatic carbocycles. The smallest absolute Gasteiger partial charge is 0.144 e. The number of hydrogen-bond acceptors (Lipinski definition) is 3. The van der Waals surface area contributed by atoms with Crippen molar-refractivity contribution in [2.75, 3.05) is 6.54 Å². The maximum Gasteiger partial charge on any atom is 0.144 e. The van der Waals surface area contributed by atoms with E-state index in [1.807, 2.05) is 12.1 Å². The van der Waals surface area contributed by atoms with Crippen LogP contribution in [0.2, 0.25) is 0 Å². The molecule has 3 nitrogen and oxygen atoms in total. The van der Waals surface area contributed by atoms with Crippen LogP contribution in [0.15, 0.2) is 30.0 Å². The van der Waals surface area contributed by atoms with Gasteiger partial charge in [-0.15, -0.1) is 0 Å². The fraction of sp³-hybridized carbons (Fsp3) is 0.333. The molecule has 0 aliphatic carbocycles. The summed E-state index contributed by atoms with van der Waals surface area (Å²) < 4.78 is 0. The van der Waals surface area contributed by atoms with Crippen molar-refractivity contribution in [2.45, 2.75) is 20.4 Å². The van der Waals surface area contributed by atoms with Crippen molar-refractivity contribution in [3.05, 3.63) is 41.2 Å². The van der Waals surface area contributed by atoms with Gasteiger partial charge in [0.2, 0.25) is 0 Å². The molecule has 0 spiro atoms. The number of rotatable bonds is 4. The van der Waals surface area contributed by atoms with E-state index in [2.05, 4.69) is 36.3 Å². The van der Waals surface area contributed by atoms with Gasteiger partial charge in [-0.3, -0.25) is 0 Å². The second-order valence-electron chi connectivity index (χ2n) is 3.54. The zero-order chi connectivity index (χ0) is 11.1. The van der Waals surface area contributed by atoms with Crippen molar-refractivity contribution in [3.63, 3.8) is 0 Å². The van der Waals surface area contributed by atoms with Gasteiger partial charge in [-0.2, -0.15) is 5.26 Å². The first-order chi connectivity index (χ1) is 7.24. The number of aromatic nitrogens is 1. The summed E-state index contributed by atoms with van der Waals surface area (Å²) in [6.07, 6.45) is 3.75. The van der Waals surface area contributed by atoms with E-state index < -0.39 is 0 Å². The van der Waals surface area contributed by atoms with Crippen molar-refractivity contribution >= 4 is 0 Å². The molecule has 0 amide bonds. The van der Waals surface area contributed by atoms with Crippen molar-refractivity contribution in [1.29, 1.82) is 5.26 Å². The van der Waals surface area contributed by atoms with Crippen molar-refractivity contribution in [1.82, 2.24) is 10.3 Å². The summed E-state index contributed by atoms with van der Waals surface area (Å²) in [4.78, 5) is 3.99. The van der Waals surface area contributed by atoms with Gasteiger partial charge in [0, 0.05) is 24.8 Å². The third kappa shape index (κ3) is 3.92. The van der Waals surface area contributed by atoms with Gasteiger partial charge in [0.15, 0.2) is 0 Å². The van der Waals surface area contributed by atoms with Crippen molar-refractivity contribution in [3.8, 4) is 6.07 Å². The van der Waals surface area contributed by atoms with Crippen LogP contribution in [0.5, 0.6) is 0 Å². The highest BCUT2D eigenvalue weighted by Crippen LogP contribution is 2.02. The van der Waals surface area contributed by atoms with Crippen LogP contribution in [-0.4, -0.2) is 11.5 Å². The SMILES string of the molecule is CC(C)=CCNCc1cccnc1C#N. The highest BCUT2D eigenvalue weighted by atomic mass is 14.8. The predicted octanol–water partition coefficient (Wildman–Crippen LogP) is 2.01. The Kier molecular flexibility index (Phi) is 4.52. The molecule has 1 aromatic rings. The molecule has 0 bridgehead atoms. The van der Waals surface area contributed by atoms with Crippen molar-refractivity contribution < 1.29 is 0 Å². The lowest BCUT2D eigenvalue weighted by atomic mass is 10.2. The van der Waals surface area contributed by atoms with Gasteiger partial charge in [0.1, 0.15) is 11.8 Å². The summed E-state index contributed by atoms with van der Waals surface area (Å²) in [5, 5.41) is 12.1. The van der Waals surface area contributed by atoms with Crippen LogP contribution in [0, 0.1) is 11.3 Å². The molecule has 0 aliphatic heterocycles. The summed E-state index contributed by atoms with van der Waals surface area (Å²) in [5.74, 6) is 0. The van der Waals surface area contributed by atoms with Crippen molar-refractivity contribution in [2.24, 2.45) is 0 Å². The monoisotopic (exact) mass is 201 g/mol. The Morgan fingerprint density at radius 1 is 1.60 bits per heavy atom. The first-order valence-corrected chi connectivity index (χ1v) is 4.92. The Labute approximate surface area is 90.5 Å². The van der Waals surface area contributed by atoms with Gasteiger partial charge in [0.25, 0.3) is 0 Å². The molecule has 0 aliphatic rings. The van der Waals surface area contributed by atoms with E-state index in [0.717, 1.165) is 12.1 Å². The average Bonchev–Trinajstić information content (AvgIpc) is 2.24. The first kappa shape index (κ1) is 11.4. The molecule has 0 radical (unpaired) electrons. The van der Waals surface area contributed by atoms with Crippen LogP contribution < -0.4 is 5.32 Å². The average molecular weight is 201 g/mol. The van der Waals surface area contributed by atoms with Gasteiger partial charge in [-0.25, -0.2) is 4.98 Å². The van der Waals surface area contributed by atoms with Gasteiger partial charge in [0.05, 0.1) is 0 Å². The van der Waals surface area contributed by atoms with E-state index in [-0.39, 0.29) is 0 Å². The molecule has 0 saturated heterocycles. The molecule has 78 valence electrons. The van der Waals surface area contributed by atoms with E-state index >= 15 is 0 Å². The normalized spacial score (nSPS) is 9.40. The Morgan fingerprint density at radius 3 is 3.07 bits per heavy atom. The standard InChI is InChI=1S/C12H15N3/c1-10(2)5-7-14-9-11-4-3-6-15-12(11)8-13/h3-6,14H,7,9H2,1-2H3. The van der Waals surface area contributed by atoms with Crippen LogP contribution in [-0.2, 0) is 6.54 Å². The molecule has 0 fully saturated rings.